The fourth-order valence-electron chi connectivity index (χ4n) is 2.32. The van der Waals surface area contributed by atoms with Crippen LogP contribution in [-0.4, -0.2) is 0 Å². The third kappa shape index (κ3) is 1.45. The van der Waals surface area contributed by atoms with Crippen LogP contribution in [0.1, 0.15) is 47.5 Å². The minimum atomic E-state index is 0.567. The first-order valence-electron chi connectivity index (χ1n) is 4.96. The van der Waals surface area contributed by atoms with Gasteiger partial charge in [-0.1, -0.05) is 41.0 Å². The van der Waals surface area contributed by atoms with Gasteiger partial charge in [-0.25, -0.2) is 0 Å². The second-order valence-electron chi connectivity index (χ2n) is 5.07. The highest BCUT2D eigenvalue weighted by Gasteiger charge is 2.38. The Labute approximate surface area is 71.4 Å². The van der Waals surface area contributed by atoms with E-state index in [1.165, 1.54) is 12.8 Å². The van der Waals surface area contributed by atoms with E-state index >= 15 is 0 Å². The molecule has 0 saturated heterocycles. The van der Waals surface area contributed by atoms with Gasteiger partial charge in [0.05, 0.1) is 0 Å². The lowest BCUT2D eigenvalue weighted by Crippen LogP contribution is -2.37. The molecule has 3 atom stereocenters. The maximum Gasteiger partial charge on any atom is -0.0300 e. The molecule has 1 aliphatic carbocycles. The maximum absolute atomic E-state index is 2.43. The smallest absolute Gasteiger partial charge is 0.0300 e. The van der Waals surface area contributed by atoms with E-state index in [-0.39, 0.29) is 0 Å². The van der Waals surface area contributed by atoms with Crippen molar-refractivity contribution in [1.29, 1.82) is 0 Å². The van der Waals surface area contributed by atoms with Crippen molar-refractivity contribution in [2.24, 2.45) is 23.2 Å². The normalized spacial score (nSPS) is 43.9. The van der Waals surface area contributed by atoms with Gasteiger partial charge in [0.2, 0.25) is 0 Å². The van der Waals surface area contributed by atoms with Crippen molar-refractivity contribution in [2.75, 3.05) is 0 Å². The van der Waals surface area contributed by atoms with E-state index in [2.05, 4.69) is 34.6 Å². The average molecular weight is 154 g/mol. The molecule has 3 unspecified atom stereocenters. The van der Waals surface area contributed by atoms with E-state index in [0.717, 1.165) is 17.8 Å². The Kier molecular flexibility index (Phi) is 2.32. The summed E-state index contributed by atoms with van der Waals surface area (Å²) in [7, 11) is 0. The van der Waals surface area contributed by atoms with Crippen LogP contribution in [0.15, 0.2) is 0 Å². The maximum atomic E-state index is 2.43. The molecule has 11 heavy (non-hydrogen) atoms. The zero-order chi connectivity index (χ0) is 8.65. The molecule has 0 aliphatic heterocycles. The lowest BCUT2D eigenvalue weighted by molar-refractivity contribution is 0.0406. The van der Waals surface area contributed by atoms with Gasteiger partial charge in [0.1, 0.15) is 0 Å². The lowest BCUT2D eigenvalue weighted by Gasteiger charge is -2.45. The van der Waals surface area contributed by atoms with Gasteiger partial charge < -0.3 is 0 Å². The van der Waals surface area contributed by atoms with E-state index < -0.39 is 0 Å². The van der Waals surface area contributed by atoms with Crippen molar-refractivity contribution in [3.63, 3.8) is 0 Å². The molecular weight excluding hydrogens is 132 g/mol. The van der Waals surface area contributed by atoms with Crippen molar-refractivity contribution < 1.29 is 0 Å². The van der Waals surface area contributed by atoms with E-state index in [1.807, 2.05) is 0 Å². The molecule has 0 aromatic carbocycles. The van der Waals surface area contributed by atoms with Gasteiger partial charge in [0, 0.05) is 0 Å². The second kappa shape index (κ2) is 2.80. The molecule has 0 nitrogen and oxygen atoms in total. The molecule has 1 aliphatic rings. The third-order valence-electron chi connectivity index (χ3n) is 4.35. The summed E-state index contributed by atoms with van der Waals surface area (Å²) in [6, 6.07) is 0. The topological polar surface area (TPSA) is 0 Å². The average Bonchev–Trinajstić information content (AvgIpc) is 1.95. The minimum Gasteiger partial charge on any atom is -0.0622 e. The van der Waals surface area contributed by atoms with Crippen LogP contribution < -0.4 is 0 Å². The number of hydrogen-bond donors (Lipinski definition) is 0. The molecule has 0 bridgehead atoms. The molecule has 66 valence electrons. The first kappa shape index (κ1) is 9.09. The quantitative estimate of drug-likeness (QED) is 0.499. The SMILES string of the molecule is CC1CCC(C)C(C)(C)C1C. The molecule has 1 fully saturated rings. The van der Waals surface area contributed by atoms with Gasteiger partial charge >= 0.3 is 0 Å². The molecule has 1 saturated carbocycles. The van der Waals surface area contributed by atoms with Crippen LogP contribution >= 0.6 is 0 Å². The Morgan fingerprint density at radius 3 is 2.00 bits per heavy atom. The molecule has 0 spiro atoms. The minimum absolute atomic E-state index is 0.567. The second-order valence-corrected chi connectivity index (χ2v) is 5.07. The van der Waals surface area contributed by atoms with Crippen molar-refractivity contribution in [2.45, 2.75) is 47.5 Å². The van der Waals surface area contributed by atoms with Crippen molar-refractivity contribution in [1.82, 2.24) is 0 Å². The monoisotopic (exact) mass is 154 g/mol. The van der Waals surface area contributed by atoms with E-state index in [1.54, 1.807) is 0 Å². The molecule has 0 aromatic rings. The predicted octanol–water partition coefficient (Wildman–Crippen LogP) is 3.71. The predicted molar refractivity (Wildman–Crippen MR) is 50.5 cm³/mol. The van der Waals surface area contributed by atoms with Crippen molar-refractivity contribution in [3.05, 3.63) is 0 Å². The van der Waals surface area contributed by atoms with Crippen LogP contribution in [0.4, 0.5) is 0 Å². The molecule has 0 heterocycles. The van der Waals surface area contributed by atoms with Crippen molar-refractivity contribution >= 4 is 0 Å². The zero-order valence-electron chi connectivity index (χ0n) is 8.65. The highest BCUT2D eigenvalue weighted by molar-refractivity contribution is 4.87. The summed E-state index contributed by atoms with van der Waals surface area (Å²) in [6.45, 7) is 12.1. The summed E-state index contributed by atoms with van der Waals surface area (Å²) in [6.07, 6.45) is 2.87. The fourth-order valence-corrected chi connectivity index (χ4v) is 2.32. The van der Waals surface area contributed by atoms with Crippen LogP contribution in [-0.2, 0) is 0 Å². The van der Waals surface area contributed by atoms with Crippen LogP contribution in [0.3, 0.4) is 0 Å². The Hall–Kier alpha value is 0. The zero-order valence-corrected chi connectivity index (χ0v) is 8.65. The summed E-state index contributed by atoms with van der Waals surface area (Å²) in [4.78, 5) is 0. The van der Waals surface area contributed by atoms with Crippen molar-refractivity contribution in [3.8, 4) is 0 Å². The van der Waals surface area contributed by atoms with Gasteiger partial charge in [-0.05, 0) is 29.6 Å². The molecule has 0 aromatic heterocycles. The molecule has 1 rings (SSSR count). The number of hydrogen-bond acceptors (Lipinski definition) is 0. The molecule has 0 amide bonds. The van der Waals surface area contributed by atoms with E-state index in [4.69, 9.17) is 0 Å². The largest absolute Gasteiger partial charge is 0.0622 e. The van der Waals surface area contributed by atoms with Crippen LogP contribution in [0.25, 0.3) is 0 Å². The Balaban J connectivity index is 2.72. The van der Waals surface area contributed by atoms with Gasteiger partial charge in [-0.2, -0.15) is 0 Å². The summed E-state index contributed by atoms with van der Waals surface area (Å²) in [5.41, 5.74) is 0.567. The van der Waals surface area contributed by atoms with Crippen LogP contribution in [0.5, 0.6) is 0 Å². The lowest BCUT2D eigenvalue weighted by atomic mass is 9.60. The highest BCUT2D eigenvalue weighted by atomic mass is 14.4. The summed E-state index contributed by atoms with van der Waals surface area (Å²) in [5.74, 6) is 2.74. The standard InChI is InChI=1S/C11H22/c1-8-6-7-9(2)11(4,5)10(8)3/h8-10H,6-7H2,1-5H3. The highest BCUT2D eigenvalue weighted by Crippen LogP contribution is 2.46. The third-order valence-corrected chi connectivity index (χ3v) is 4.35. The van der Waals surface area contributed by atoms with E-state index in [0.29, 0.717) is 5.41 Å². The Morgan fingerprint density at radius 1 is 1.00 bits per heavy atom. The first-order chi connectivity index (χ1) is 4.96. The van der Waals surface area contributed by atoms with Gasteiger partial charge in [-0.15, -0.1) is 0 Å². The first-order valence-corrected chi connectivity index (χ1v) is 4.96. The van der Waals surface area contributed by atoms with Gasteiger partial charge in [0.15, 0.2) is 0 Å². The van der Waals surface area contributed by atoms with Crippen LogP contribution in [0.2, 0.25) is 0 Å². The summed E-state index contributed by atoms with van der Waals surface area (Å²) < 4.78 is 0. The van der Waals surface area contributed by atoms with Gasteiger partial charge in [0.25, 0.3) is 0 Å². The molecule has 0 heteroatoms. The Morgan fingerprint density at radius 2 is 1.55 bits per heavy atom. The van der Waals surface area contributed by atoms with Crippen LogP contribution in [0, 0.1) is 23.2 Å². The number of rotatable bonds is 0. The van der Waals surface area contributed by atoms with E-state index in [9.17, 15) is 0 Å². The molecule has 0 radical (unpaired) electrons. The summed E-state index contributed by atoms with van der Waals surface area (Å²) in [5, 5.41) is 0. The Bertz CT molecular complexity index is 135. The summed E-state index contributed by atoms with van der Waals surface area (Å²) >= 11 is 0. The van der Waals surface area contributed by atoms with Gasteiger partial charge in [-0.3, -0.25) is 0 Å². The molecule has 0 N–H and O–H groups in total. The fraction of sp³-hybridized carbons (Fsp3) is 1.00. The molecular formula is C11H22.